The molecule has 0 unspecified atom stereocenters. The van der Waals surface area contributed by atoms with Crippen molar-refractivity contribution >= 4 is 17.4 Å². The van der Waals surface area contributed by atoms with Gasteiger partial charge in [-0.3, -0.25) is 4.79 Å². The van der Waals surface area contributed by atoms with Gasteiger partial charge in [0.2, 0.25) is 0 Å². The fourth-order valence-corrected chi connectivity index (χ4v) is 2.71. The van der Waals surface area contributed by atoms with Gasteiger partial charge in [-0.1, -0.05) is 30.9 Å². The molecule has 1 saturated carbocycles. The van der Waals surface area contributed by atoms with Gasteiger partial charge in [-0.2, -0.15) is 0 Å². The van der Waals surface area contributed by atoms with E-state index in [1.54, 1.807) is 0 Å². The van der Waals surface area contributed by atoms with Crippen LogP contribution in [0.2, 0.25) is 5.02 Å². The molecule has 1 aromatic carbocycles. The van der Waals surface area contributed by atoms with Crippen LogP contribution in [0, 0.1) is 12.8 Å². The Labute approximate surface area is 102 Å². The molecule has 0 radical (unpaired) electrons. The zero-order valence-corrected chi connectivity index (χ0v) is 10.4. The zero-order valence-electron chi connectivity index (χ0n) is 9.63. The number of benzene rings is 1. The maximum atomic E-state index is 12.3. The van der Waals surface area contributed by atoms with Crippen LogP contribution in [0.3, 0.4) is 0 Å². The van der Waals surface area contributed by atoms with Gasteiger partial charge in [0.1, 0.15) is 0 Å². The fraction of sp³-hybridized carbons (Fsp3) is 0.500. The van der Waals surface area contributed by atoms with Crippen molar-refractivity contribution < 1.29 is 4.79 Å². The lowest BCUT2D eigenvalue weighted by atomic mass is 9.83. The van der Waals surface area contributed by atoms with Crippen LogP contribution in [0.15, 0.2) is 18.2 Å². The molecule has 1 nitrogen and oxygen atoms in total. The van der Waals surface area contributed by atoms with Gasteiger partial charge in [-0.05, 0) is 43.5 Å². The largest absolute Gasteiger partial charge is 0.294 e. The molecule has 1 aliphatic rings. The third-order valence-electron chi connectivity index (χ3n) is 3.43. The molecule has 2 rings (SSSR count). The van der Waals surface area contributed by atoms with Crippen molar-refractivity contribution in [2.75, 3.05) is 0 Å². The highest BCUT2D eigenvalue weighted by molar-refractivity contribution is 6.30. The average molecular weight is 237 g/mol. The Balaban J connectivity index is 2.19. The van der Waals surface area contributed by atoms with Crippen LogP contribution in [-0.4, -0.2) is 5.78 Å². The number of aryl methyl sites for hydroxylation is 1. The molecule has 86 valence electrons. The summed E-state index contributed by atoms with van der Waals surface area (Å²) in [6, 6.07) is 5.55. The van der Waals surface area contributed by atoms with Gasteiger partial charge in [0.05, 0.1) is 0 Å². The minimum absolute atomic E-state index is 0.244. The molecular formula is C14H17ClO. The number of hydrogen-bond acceptors (Lipinski definition) is 1. The molecular weight excluding hydrogens is 220 g/mol. The minimum atomic E-state index is 0.244. The van der Waals surface area contributed by atoms with E-state index in [9.17, 15) is 4.79 Å². The van der Waals surface area contributed by atoms with Crippen LogP contribution in [-0.2, 0) is 0 Å². The van der Waals surface area contributed by atoms with Gasteiger partial charge in [-0.15, -0.1) is 0 Å². The molecule has 0 atom stereocenters. The summed E-state index contributed by atoms with van der Waals surface area (Å²) in [6.07, 6.45) is 5.79. The van der Waals surface area contributed by atoms with Crippen LogP contribution in [0.1, 0.15) is 48.0 Å². The van der Waals surface area contributed by atoms with E-state index in [4.69, 9.17) is 11.6 Å². The second kappa shape index (κ2) is 5.01. The summed E-state index contributed by atoms with van der Waals surface area (Å²) < 4.78 is 0. The Morgan fingerprint density at radius 2 is 1.94 bits per heavy atom. The molecule has 1 aromatic rings. The summed E-state index contributed by atoms with van der Waals surface area (Å²) >= 11 is 5.90. The molecule has 2 heteroatoms. The van der Waals surface area contributed by atoms with Crippen molar-refractivity contribution in [3.05, 3.63) is 34.3 Å². The standard InChI is InChI=1S/C14H17ClO/c1-10-9-12(15)7-8-13(10)14(16)11-5-3-2-4-6-11/h7-9,11H,2-6H2,1H3. The molecule has 0 aliphatic heterocycles. The lowest BCUT2D eigenvalue weighted by molar-refractivity contribution is 0.0889. The highest BCUT2D eigenvalue weighted by Crippen LogP contribution is 2.28. The van der Waals surface area contributed by atoms with Gasteiger partial charge >= 0.3 is 0 Å². The lowest BCUT2D eigenvalue weighted by Crippen LogP contribution is -2.18. The average Bonchev–Trinajstić information content (AvgIpc) is 2.29. The molecule has 1 fully saturated rings. The molecule has 0 amide bonds. The van der Waals surface area contributed by atoms with E-state index in [1.165, 1.54) is 19.3 Å². The van der Waals surface area contributed by atoms with Gasteiger partial charge in [0.15, 0.2) is 5.78 Å². The normalized spacial score (nSPS) is 17.4. The summed E-state index contributed by atoms with van der Waals surface area (Å²) in [4.78, 5) is 12.3. The summed E-state index contributed by atoms with van der Waals surface area (Å²) in [5, 5.41) is 0.706. The van der Waals surface area contributed by atoms with E-state index in [-0.39, 0.29) is 5.92 Å². The van der Waals surface area contributed by atoms with Crippen LogP contribution >= 0.6 is 11.6 Å². The Kier molecular flexibility index (Phi) is 3.65. The molecule has 0 saturated heterocycles. The lowest BCUT2D eigenvalue weighted by Gasteiger charge is -2.21. The van der Waals surface area contributed by atoms with Crippen LogP contribution < -0.4 is 0 Å². The Hall–Kier alpha value is -0.820. The van der Waals surface area contributed by atoms with Gasteiger partial charge in [-0.25, -0.2) is 0 Å². The van der Waals surface area contributed by atoms with Gasteiger partial charge in [0, 0.05) is 16.5 Å². The van der Waals surface area contributed by atoms with Crippen molar-refractivity contribution in [3.8, 4) is 0 Å². The van der Waals surface area contributed by atoms with Crippen LogP contribution in [0.25, 0.3) is 0 Å². The first-order valence-corrected chi connectivity index (χ1v) is 6.36. The molecule has 0 heterocycles. The molecule has 16 heavy (non-hydrogen) atoms. The Morgan fingerprint density at radius 3 is 2.56 bits per heavy atom. The molecule has 1 aliphatic carbocycles. The van der Waals surface area contributed by atoms with Crippen molar-refractivity contribution in [1.29, 1.82) is 0 Å². The van der Waals surface area contributed by atoms with E-state index in [2.05, 4.69) is 0 Å². The monoisotopic (exact) mass is 236 g/mol. The van der Waals surface area contributed by atoms with Crippen molar-refractivity contribution in [2.45, 2.75) is 39.0 Å². The first-order valence-electron chi connectivity index (χ1n) is 5.99. The predicted octanol–water partition coefficient (Wildman–Crippen LogP) is 4.41. The highest BCUT2D eigenvalue weighted by Gasteiger charge is 2.23. The first kappa shape index (κ1) is 11.7. The predicted molar refractivity (Wildman–Crippen MR) is 67.1 cm³/mol. The van der Waals surface area contributed by atoms with Gasteiger partial charge < -0.3 is 0 Å². The fourth-order valence-electron chi connectivity index (χ4n) is 2.49. The molecule has 0 aromatic heterocycles. The number of carbonyl (C=O) groups excluding carboxylic acids is 1. The number of ketones is 1. The number of rotatable bonds is 2. The highest BCUT2D eigenvalue weighted by atomic mass is 35.5. The quantitative estimate of drug-likeness (QED) is 0.695. The number of Topliss-reactive ketones (excluding diaryl/α,β-unsaturated/α-hetero) is 1. The van der Waals surface area contributed by atoms with E-state index >= 15 is 0 Å². The van der Waals surface area contributed by atoms with E-state index in [1.807, 2.05) is 25.1 Å². The molecule has 0 bridgehead atoms. The summed E-state index contributed by atoms with van der Waals surface area (Å²) in [6.45, 7) is 1.96. The Bertz CT molecular complexity index is 392. The number of carbonyl (C=O) groups is 1. The van der Waals surface area contributed by atoms with Gasteiger partial charge in [0.25, 0.3) is 0 Å². The van der Waals surface area contributed by atoms with Crippen molar-refractivity contribution in [2.24, 2.45) is 5.92 Å². The molecule has 0 spiro atoms. The topological polar surface area (TPSA) is 17.1 Å². The second-order valence-corrected chi connectivity index (χ2v) is 5.09. The Morgan fingerprint density at radius 1 is 1.25 bits per heavy atom. The summed E-state index contributed by atoms with van der Waals surface area (Å²) in [5.74, 6) is 0.558. The second-order valence-electron chi connectivity index (χ2n) is 4.66. The van der Waals surface area contributed by atoms with Crippen LogP contribution in [0.5, 0.6) is 0 Å². The van der Waals surface area contributed by atoms with Crippen molar-refractivity contribution in [1.82, 2.24) is 0 Å². The third kappa shape index (κ3) is 2.46. The maximum Gasteiger partial charge on any atom is 0.166 e. The third-order valence-corrected chi connectivity index (χ3v) is 3.66. The van der Waals surface area contributed by atoms with E-state index in [0.29, 0.717) is 10.8 Å². The smallest absolute Gasteiger partial charge is 0.166 e. The number of halogens is 1. The summed E-state index contributed by atoms with van der Waals surface area (Å²) in [5.41, 5.74) is 1.86. The SMILES string of the molecule is Cc1cc(Cl)ccc1C(=O)C1CCCCC1. The zero-order chi connectivity index (χ0) is 11.5. The number of hydrogen-bond donors (Lipinski definition) is 0. The van der Waals surface area contributed by atoms with E-state index < -0.39 is 0 Å². The summed E-state index contributed by atoms with van der Waals surface area (Å²) in [7, 11) is 0. The van der Waals surface area contributed by atoms with Crippen molar-refractivity contribution in [3.63, 3.8) is 0 Å². The molecule has 0 N–H and O–H groups in total. The minimum Gasteiger partial charge on any atom is -0.294 e. The van der Waals surface area contributed by atoms with Crippen LogP contribution in [0.4, 0.5) is 0 Å². The maximum absolute atomic E-state index is 12.3. The first-order chi connectivity index (χ1) is 7.68. The van der Waals surface area contributed by atoms with E-state index in [0.717, 1.165) is 24.0 Å².